The Morgan fingerprint density at radius 2 is 1.56 bits per heavy atom. The lowest BCUT2D eigenvalue weighted by Gasteiger charge is -2.12. The Hall–Kier alpha value is -4.63. The lowest BCUT2D eigenvalue weighted by atomic mass is 10.2. The maximum atomic E-state index is 12.6. The summed E-state index contributed by atoms with van der Waals surface area (Å²) in [5.74, 6) is 0.809. The molecule has 0 saturated heterocycles. The van der Waals surface area contributed by atoms with E-state index in [9.17, 15) is 9.59 Å². The molecule has 4 aromatic rings. The molecular formula is C30H26BrN3O5. The SMILES string of the molecule is COc1cc(C(=O)N/N=C/c2ccc(OCC(=O)Nc3ccccc3)c(Br)c2)ccc1OCc1ccccc1. The van der Waals surface area contributed by atoms with Gasteiger partial charge >= 0.3 is 0 Å². The van der Waals surface area contributed by atoms with E-state index in [0.717, 1.165) is 5.56 Å². The van der Waals surface area contributed by atoms with E-state index in [1.54, 1.807) is 48.5 Å². The Morgan fingerprint density at radius 3 is 2.28 bits per heavy atom. The first-order valence-electron chi connectivity index (χ1n) is 12.0. The minimum Gasteiger partial charge on any atom is -0.493 e. The van der Waals surface area contributed by atoms with Crippen LogP contribution >= 0.6 is 15.9 Å². The van der Waals surface area contributed by atoms with E-state index >= 15 is 0 Å². The van der Waals surface area contributed by atoms with Crippen molar-refractivity contribution in [3.05, 3.63) is 118 Å². The molecule has 4 rings (SSSR count). The number of carbonyl (C=O) groups is 2. The van der Waals surface area contributed by atoms with Crippen molar-refractivity contribution in [3.63, 3.8) is 0 Å². The zero-order valence-electron chi connectivity index (χ0n) is 21.1. The van der Waals surface area contributed by atoms with Crippen molar-refractivity contribution in [2.75, 3.05) is 19.0 Å². The number of nitrogens with one attached hydrogen (secondary N) is 2. The van der Waals surface area contributed by atoms with Gasteiger partial charge in [0.15, 0.2) is 18.1 Å². The molecule has 0 aliphatic heterocycles. The molecule has 2 N–H and O–H groups in total. The first kappa shape index (κ1) is 27.4. The van der Waals surface area contributed by atoms with Crippen molar-refractivity contribution in [2.24, 2.45) is 5.10 Å². The summed E-state index contributed by atoms with van der Waals surface area (Å²) in [5.41, 5.74) is 5.31. The van der Waals surface area contributed by atoms with E-state index in [2.05, 4.69) is 31.8 Å². The number of hydrazone groups is 1. The predicted octanol–water partition coefficient (Wildman–Crippen LogP) is 5.82. The van der Waals surface area contributed by atoms with Gasteiger partial charge in [-0.25, -0.2) is 5.43 Å². The molecule has 0 fully saturated rings. The molecule has 0 bridgehead atoms. The highest BCUT2D eigenvalue weighted by Gasteiger charge is 2.11. The van der Waals surface area contributed by atoms with Crippen LogP contribution in [0.2, 0.25) is 0 Å². The molecule has 0 aliphatic carbocycles. The molecule has 0 atom stereocenters. The Morgan fingerprint density at radius 1 is 0.846 bits per heavy atom. The van der Waals surface area contributed by atoms with Crippen LogP contribution in [0, 0.1) is 0 Å². The molecule has 0 aliphatic rings. The van der Waals surface area contributed by atoms with Crippen LogP contribution in [0.15, 0.2) is 107 Å². The number of para-hydroxylation sites is 1. The highest BCUT2D eigenvalue weighted by molar-refractivity contribution is 9.10. The molecule has 39 heavy (non-hydrogen) atoms. The Kier molecular flexibility index (Phi) is 9.68. The molecule has 0 unspecified atom stereocenters. The fraction of sp³-hybridized carbons (Fsp3) is 0.100. The van der Waals surface area contributed by atoms with Gasteiger partial charge in [0.1, 0.15) is 12.4 Å². The van der Waals surface area contributed by atoms with Gasteiger partial charge in [-0.3, -0.25) is 9.59 Å². The Labute approximate surface area is 234 Å². The Balaban J connectivity index is 1.29. The zero-order chi connectivity index (χ0) is 27.5. The van der Waals surface area contributed by atoms with Gasteiger partial charge in [-0.05, 0) is 75.6 Å². The summed E-state index contributed by atoms with van der Waals surface area (Å²) >= 11 is 3.44. The van der Waals surface area contributed by atoms with Crippen LogP contribution in [0.3, 0.4) is 0 Å². The summed E-state index contributed by atoms with van der Waals surface area (Å²) in [5, 5.41) is 6.80. The van der Waals surface area contributed by atoms with Crippen molar-refractivity contribution in [1.82, 2.24) is 5.43 Å². The number of carbonyl (C=O) groups excluding carboxylic acids is 2. The standard InChI is InChI=1S/C30H26BrN3O5/c1-37-28-17-23(13-15-27(28)38-19-21-8-4-2-5-9-21)30(36)34-32-18-22-12-14-26(25(31)16-22)39-20-29(35)33-24-10-6-3-7-11-24/h2-18H,19-20H2,1H3,(H,33,35)(H,34,36)/b32-18+. The number of benzene rings is 4. The summed E-state index contributed by atoms with van der Waals surface area (Å²) < 4.78 is 17.5. The summed E-state index contributed by atoms with van der Waals surface area (Å²) in [6.07, 6.45) is 1.50. The van der Waals surface area contributed by atoms with E-state index in [0.29, 0.717) is 45.1 Å². The molecule has 0 radical (unpaired) electrons. The molecule has 9 heteroatoms. The smallest absolute Gasteiger partial charge is 0.271 e. The fourth-order valence-electron chi connectivity index (χ4n) is 3.47. The maximum absolute atomic E-state index is 12.6. The number of ether oxygens (including phenoxy) is 3. The third-order valence-electron chi connectivity index (χ3n) is 5.41. The number of anilines is 1. The lowest BCUT2D eigenvalue weighted by molar-refractivity contribution is -0.118. The number of hydrogen-bond donors (Lipinski definition) is 2. The van der Waals surface area contributed by atoms with Gasteiger partial charge in [0.2, 0.25) is 0 Å². The normalized spacial score (nSPS) is 10.6. The summed E-state index contributed by atoms with van der Waals surface area (Å²) in [6.45, 7) is 0.240. The first-order chi connectivity index (χ1) is 19.0. The van der Waals surface area contributed by atoms with Gasteiger partial charge in [-0.15, -0.1) is 0 Å². The number of halogens is 1. The number of nitrogens with zero attached hydrogens (tertiary/aromatic N) is 1. The second-order valence-electron chi connectivity index (χ2n) is 8.23. The third-order valence-corrected chi connectivity index (χ3v) is 6.03. The van der Waals surface area contributed by atoms with Crippen LogP contribution in [0.4, 0.5) is 5.69 Å². The van der Waals surface area contributed by atoms with Crippen LogP contribution in [0.25, 0.3) is 0 Å². The molecule has 0 heterocycles. The van der Waals surface area contributed by atoms with Crippen molar-refractivity contribution in [1.29, 1.82) is 0 Å². The zero-order valence-corrected chi connectivity index (χ0v) is 22.7. The van der Waals surface area contributed by atoms with Crippen molar-refractivity contribution < 1.29 is 23.8 Å². The number of methoxy groups -OCH3 is 1. The van der Waals surface area contributed by atoms with E-state index in [4.69, 9.17) is 14.2 Å². The van der Waals surface area contributed by atoms with Crippen LogP contribution in [0.1, 0.15) is 21.5 Å². The summed E-state index contributed by atoms with van der Waals surface area (Å²) in [4.78, 5) is 24.7. The lowest BCUT2D eigenvalue weighted by Crippen LogP contribution is -2.20. The molecule has 0 spiro atoms. The molecule has 198 valence electrons. The second kappa shape index (κ2) is 13.8. The highest BCUT2D eigenvalue weighted by Crippen LogP contribution is 2.29. The summed E-state index contributed by atoms with van der Waals surface area (Å²) in [7, 11) is 1.52. The molecular weight excluding hydrogens is 562 g/mol. The minimum absolute atomic E-state index is 0.142. The van der Waals surface area contributed by atoms with Crippen LogP contribution in [0.5, 0.6) is 17.2 Å². The van der Waals surface area contributed by atoms with Crippen molar-refractivity contribution >= 4 is 39.6 Å². The summed E-state index contributed by atoms with van der Waals surface area (Å²) in [6, 6.07) is 29.1. The fourth-order valence-corrected chi connectivity index (χ4v) is 3.98. The number of hydrogen-bond acceptors (Lipinski definition) is 6. The van der Waals surface area contributed by atoms with E-state index in [-0.39, 0.29) is 12.5 Å². The van der Waals surface area contributed by atoms with E-state index in [1.165, 1.54) is 13.3 Å². The van der Waals surface area contributed by atoms with Crippen molar-refractivity contribution in [2.45, 2.75) is 6.61 Å². The average Bonchev–Trinajstić information content (AvgIpc) is 2.96. The highest BCUT2D eigenvalue weighted by atomic mass is 79.9. The monoisotopic (exact) mass is 587 g/mol. The van der Waals surface area contributed by atoms with Crippen LogP contribution in [-0.2, 0) is 11.4 Å². The van der Waals surface area contributed by atoms with Crippen LogP contribution in [-0.4, -0.2) is 31.7 Å². The third kappa shape index (κ3) is 8.18. The largest absolute Gasteiger partial charge is 0.493 e. The van der Waals surface area contributed by atoms with Gasteiger partial charge in [-0.1, -0.05) is 48.5 Å². The Bertz CT molecular complexity index is 1450. The molecule has 4 aromatic carbocycles. The number of amides is 2. The maximum Gasteiger partial charge on any atom is 0.271 e. The van der Waals surface area contributed by atoms with Crippen molar-refractivity contribution in [3.8, 4) is 17.2 Å². The van der Waals surface area contributed by atoms with Crippen LogP contribution < -0.4 is 25.0 Å². The average molecular weight is 588 g/mol. The topological polar surface area (TPSA) is 98.3 Å². The van der Waals surface area contributed by atoms with Gasteiger partial charge in [0.05, 0.1) is 17.8 Å². The molecule has 2 amide bonds. The van der Waals surface area contributed by atoms with Gasteiger partial charge < -0.3 is 19.5 Å². The van der Waals surface area contributed by atoms with E-state index < -0.39 is 5.91 Å². The molecule has 0 aromatic heterocycles. The minimum atomic E-state index is -0.400. The quantitative estimate of drug-likeness (QED) is 0.170. The van der Waals surface area contributed by atoms with Gasteiger partial charge in [0.25, 0.3) is 11.8 Å². The molecule has 8 nitrogen and oxygen atoms in total. The van der Waals surface area contributed by atoms with Gasteiger partial charge in [-0.2, -0.15) is 5.10 Å². The first-order valence-corrected chi connectivity index (χ1v) is 12.8. The van der Waals surface area contributed by atoms with E-state index in [1.807, 2.05) is 48.5 Å². The number of rotatable bonds is 11. The predicted molar refractivity (Wildman–Crippen MR) is 154 cm³/mol. The second-order valence-corrected chi connectivity index (χ2v) is 9.09. The molecule has 0 saturated carbocycles. The van der Waals surface area contributed by atoms with Gasteiger partial charge in [0, 0.05) is 11.3 Å².